The van der Waals surface area contributed by atoms with Crippen LogP contribution < -0.4 is 4.90 Å². The Morgan fingerprint density at radius 2 is 2.28 bits per heavy atom. The molecule has 0 spiro atoms. The van der Waals surface area contributed by atoms with E-state index in [1.807, 2.05) is 0 Å². The summed E-state index contributed by atoms with van der Waals surface area (Å²) in [5.41, 5.74) is 1.06. The summed E-state index contributed by atoms with van der Waals surface area (Å²) in [6.07, 6.45) is 0. The zero-order valence-electron chi connectivity index (χ0n) is 9.81. The Morgan fingerprint density at radius 3 is 2.94 bits per heavy atom. The van der Waals surface area contributed by atoms with Gasteiger partial charge in [-0.25, -0.2) is 4.79 Å². The van der Waals surface area contributed by atoms with Crippen LogP contribution in [0.1, 0.15) is 10.4 Å². The monoisotopic (exact) mass is 313 g/mol. The quantitative estimate of drug-likeness (QED) is 0.778. The summed E-state index contributed by atoms with van der Waals surface area (Å²) in [6, 6.07) is 5.14. The van der Waals surface area contributed by atoms with Gasteiger partial charge in [0, 0.05) is 6.54 Å². The first-order chi connectivity index (χ1) is 8.65. The number of carbonyl (C=O) groups is 2. The minimum atomic E-state index is -0.440. The van der Waals surface area contributed by atoms with E-state index in [0.29, 0.717) is 28.9 Å². The minimum absolute atomic E-state index is 0.0644. The maximum Gasteiger partial charge on any atom is 0.339 e. The molecule has 96 valence electrons. The van der Waals surface area contributed by atoms with Crippen LogP contribution in [0.15, 0.2) is 22.7 Å². The number of amides is 1. The minimum Gasteiger partial charge on any atom is -0.465 e. The normalized spacial score (nSPS) is 15.7. The van der Waals surface area contributed by atoms with Crippen LogP contribution in [0, 0.1) is 0 Å². The molecule has 5 nitrogen and oxygen atoms in total. The molecule has 1 heterocycles. The van der Waals surface area contributed by atoms with E-state index in [9.17, 15) is 9.59 Å². The van der Waals surface area contributed by atoms with Crippen molar-refractivity contribution in [3.05, 3.63) is 28.2 Å². The Labute approximate surface area is 113 Å². The Kier molecular flexibility index (Phi) is 3.98. The van der Waals surface area contributed by atoms with Crippen LogP contribution in [0.2, 0.25) is 0 Å². The van der Waals surface area contributed by atoms with Gasteiger partial charge in [-0.1, -0.05) is 6.07 Å². The summed E-state index contributed by atoms with van der Waals surface area (Å²) in [5.74, 6) is -0.562. The lowest BCUT2D eigenvalue weighted by Crippen LogP contribution is -2.41. The lowest BCUT2D eigenvalue weighted by atomic mass is 10.2. The van der Waals surface area contributed by atoms with Crippen molar-refractivity contribution in [2.75, 3.05) is 31.8 Å². The van der Waals surface area contributed by atoms with Crippen molar-refractivity contribution in [1.82, 2.24) is 0 Å². The number of hydrogen-bond acceptors (Lipinski definition) is 4. The van der Waals surface area contributed by atoms with Crippen LogP contribution in [-0.2, 0) is 14.3 Å². The smallest absolute Gasteiger partial charge is 0.339 e. The number of ether oxygens (including phenoxy) is 2. The largest absolute Gasteiger partial charge is 0.465 e. The van der Waals surface area contributed by atoms with Gasteiger partial charge in [0.15, 0.2) is 0 Å². The van der Waals surface area contributed by atoms with Gasteiger partial charge in [-0.05, 0) is 28.1 Å². The van der Waals surface area contributed by atoms with Gasteiger partial charge < -0.3 is 14.4 Å². The van der Waals surface area contributed by atoms with Crippen molar-refractivity contribution in [3.63, 3.8) is 0 Å². The number of hydrogen-bond donors (Lipinski definition) is 0. The Bertz CT molecular complexity index is 489. The predicted molar refractivity (Wildman–Crippen MR) is 68.7 cm³/mol. The van der Waals surface area contributed by atoms with E-state index in [4.69, 9.17) is 4.74 Å². The molecule has 1 aliphatic heterocycles. The summed E-state index contributed by atoms with van der Waals surface area (Å²) >= 11 is 3.35. The Balaban J connectivity index is 2.39. The summed E-state index contributed by atoms with van der Waals surface area (Å²) in [6.45, 7) is 1.03. The van der Waals surface area contributed by atoms with Crippen LogP contribution in [0.5, 0.6) is 0 Å². The van der Waals surface area contributed by atoms with Crippen molar-refractivity contribution in [3.8, 4) is 0 Å². The number of anilines is 1. The summed E-state index contributed by atoms with van der Waals surface area (Å²) < 4.78 is 10.3. The second-order valence-electron chi connectivity index (χ2n) is 3.73. The molecule has 1 fully saturated rings. The van der Waals surface area contributed by atoms with Gasteiger partial charge in [0.2, 0.25) is 0 Å². The zero-order valence-corrected chi connectivity index (χ0v) is 11.4. The molecule has 0 saturated carbocycles. The zero-order chi connectivity index (χ0) is 13.1. The number of morpholine rings is 1. The third kappa shape index (κ3) is 2.39. The number of rotatable bonds is 2. The predicted octanol–water partition coefficient (Wildman–Crippen LogP) is 1.60. The molecular weight excluding hydrogens is 302 g/mol. The number of benzene rings is 1. The molecule has 0 atom stereocenters. The number of methoxy groups -OCH3 is 1. The molecule has 2 rings (SSSR count). The van der Waals surface area contributed by atoms with E-state index in [1.165, 1.54) is 7.11 Å². The molecule has 1 amide bonds. The van der Waals surface area contributed by atoms with E-state index in [2.05, 4.69) is 20.7 Å². The lowest BCUT2D eigenvalue weighted by Gasteiger charge is -2.28. The summed E-state index contributed by atoms with van der Waals surface area (Å²) in [7, 11) is 1.32. The second-order valence-corrected chi connectivity index (χ2v) is 4.52. The van der Waals surface area contributed by atoms with Gasteiger partial charge in [0.25, 0.3) is 5.91 Å². The third-order valence-electron chi connectivity index (χ3n) is 2.66. The Hall–Kier alpha value is -1.40. The highest BCUT2D eigenvalue weighted by molar-refractivity contribution is 9.10. The highest BCUT2D eigenvalue weighted by atomic mass is 79.9. The second kappa shape index (κ2) is 5.49. The maximum absolute atomic E-state index is 11.8. The number of carbonyl (C=O) groups excluding carboxylic acids is 2. The Morgan fingerprint density at radius 1 is 1.50 bits per heavy atom. The van der Waals surface area contributed by atoms with Crippen LogP contribution >= 0.6 is 15.9 Å². The van der Waals surface area contributed by atoms with Gasteiger partial charge in [0.1, 0.15) is 6.61 Å². The van der Waals surface area contributed by atoms with Crippen molar-refractivity contribution >= 4 is 33.5 Å². The average molecular weight is 314 g/mol. The van der Waals surface area contributed by atoms with Crippen LogP contribution in [0.4, 0.5) is 5.69 Å². The average Bonchev–Trinajstić information content (AvgIpc) is 2.39. The van der Waals surface area contributed by atoms with Crippen LogP contribution in [0.3, 0.4) is 0 Å². The first-order valence-electron chi connectivity index (χ1n) is 5.40. The number of esters is 1. The highest BCUT2D eigenvalue weighted by Gasteiger charge is 2.24. The SMILES string of the molecule is COC(=O)c1cccc(N2CCOCC2=O)c1Br. The molecule has 1 aromatic rings. The van der Waals surface area contributed by atoms with Gasteiger partial charge >= 0.3 is 5.97 Å². The summed E-state index contributed by atoms with van der Waals surface area (Å²) in [4.78, 5) is 24.9. The molecule has 0 unspecified atom stereocenters. The fourth-order valence-electron chi connectivity index (χ4n) is 1.77. The molecule has 0 bridgehead atoms. The van der Waals surface area contributed by atoms with Crippen LogP contribution in [0.25, 0.3) is 0 Å². The molecule has 0 aromatic heterocycles. The van der Waals surface area contributed by atoms with Crippen molar-refractivity contribution < 1.29 is 19.1 Å². The van der Waals surface area contributed by atoms with E-state index < -0.39 is 5.97 Å². The van der Waals surface area contributed by atoms with E-state index in [1.54, 1.807) is 23.1 Å². The molecular formula is C12H12BrNO4. The summed E-state index contributed by atoms with van der Waals surface area (Å²) in [5, 5.41) is 0. The van der Waals surface area contributed by atoms with Crippen molar-refractivity contribution in [1.29, 1.82) is 0 Å². The lowest BCUT2D eigenvalue weighted by molar-refractivity contribution is -0.125. The van der Waals surface area contributed by atoms with Gasteiger partial charge in [-0.3, -0.25) is 4.79 Å². The first-order valence-corrected chi connectivity index (χ1v) is 6.19. The molecule has 1 saturated heterocycles. The standard InChI is InChI=1S/C12H12BrNO4/c1-17-12(16)8-3-2-4-9(11(8)13)14-5-6-18-7-10(14)15/h2-4H,5-7H2,1H3. The van der Waals surface area contributed by atoms with Gasteiger partial charge in [0.05, 0.1) is 29.4 Å². The number of nitrogens with zero attached hydrogens (tertiary/aromatic N) is 1. The fourth-order valence-corrected chi connectivity index (χ4v) is 2.41. The molecule has 0 radical (unpaired) electrons. The molecule has 6 heteroatoms. The van der Waals surface area contributed by atoms with E-state index in [0.717, 1.165) is 0 Å². The molecule has 0 N–H and O–H groups in total. The fraction of sp³-hybridized carbons (Fsp3) is 0.333. The van der Waals surface area contributed by atoms with Crippen molar-refractivity contribution in [2.45, 2.75) is 0 Å². The molecule has 1 aliphatic rings. The molecule has 18 heavy (non-hydrogen) atoms. The van der Waals surface area contributed by atoms with Crippen molar-refractivity contribution in [2.24, 2.45) is 0 Å². The van der Waals surface area contributed by atoms with Crippen LogP contribution in [-0.4, -0.2) is 38.7 Å². The first kappa shape index (κ1) is 13.0. The third-order valence-corrected chi connectivity index (χ3v) is 3.49. The van der Waals surface area contributed by atoms with E-state index >= 15 is 0 Å². The topological polar surface area (TPSA) is 55.8 Å². The number of halogens is 1. The maximum atomic E-state index is 11.8. The highest BCUT2D eigenvalue weighted by Crippen LogP contribution is 2.30. The van der Waals surface area contributed by atoms with Gasteiger partial charge in [-0.2, -0.15) is 0 Å². The van der Waals surface area contributed by atoms with Gasteiger partial charge in [-0.15, -0.1) is 0 Å². The van der Waals surface area contributed by atoms with E-state index in [-0.39, 0.29) is 12.5 Å². The molecule has 1 aromatic carbocycles. The molecule has 0 aliphatic carbocycles.